The minimum atomic E-state index is -4.82. The summed E-state index contributed by atoms with van der Waals surface area (Å²) in [6.45, 7) is 0.373. The number of alkyl halides is 3. The first-order chi connectivity index (χ1) is 12.8. The summed E-state index contributed by atoms with van der Waals surface area (Å²) in [6.07, 6.45) is -3.27. The second-order valence-corrected chi connectivity index (χ2v) is 6.13. The summed E-state index contributed by atoms with van der Waals surface area (Å²) >= 11 is 0. The fourth-order valence-electron chi connectivity index (χ4n) is 2.89. The van der Waals surface area contributed by atoms with Gasteiger partial charge in [0.2, 0.25) is 11.8 Å². The van der Waals surface area contributed by atoms with Gasteiger partial charge in [-0.05, 0) is 18.2 Å². The summed E-state index contributed by atoms with van der Waals surface area (Å²) in [6, 6.07) is 9.02. The number of halogens is 3. The van der Waals surface area contributed by atoms with Crippen molar-refractivity contribution in [3.63, 3.8) is 0 Å². The van der Waals surface area contributed by atoms with Crippen molar-refractivity contribution in [3.8, 4) is 5.75 Å². The van der Waals surface area contributed by atoms with Crippen molar-refractivity contribution in [1.29, 1.82) is 0 Å². The van der Waals surface area contributed by atoms with Gasteiger partial charge in [-0.3, -0.25) is 9.59 Å². The zero-order chi connectivity index (χ0) is 19.4. The van der Waals surface area contributed by atoms with E-state index in [9.17, 15) is 22.8 Å². The van der Waals surface area contributed by atoms with E-state index in [2.05, 4.69) is 10.1 Å². The number of para-hydroxylation sites is 1. The number of hydrogen-bond acceptors (Lipinski definition) is 4. The number of amides is 2. The van der Waals surface area contributed by atoms with Gasteiger partial charge in [-0.1, -0.05) is 18.2 Å². The molecule has 1 N–H and O–H groups in total. The predicted molar refractivity (Wildman–Crippen MR) is 87.2 cm³/mol. The molecule has 6 nitrogen and oxygen atoms in total. The molecule has 0 spiro atoms. The molecule has 0 aliphatic carbocycles. The number of furan rings is 1. The van der Waals surface area contributed by atoms with Crippen molar-refractivity contribution in [2.24, 2.45) is 5.92 Å². The Morgan fingerprint density at radius 2 is 2.04 bits per heavy atom. The maximum absolute atomic E-state index is 12.4. The molecule has 144 valence electrons. The summed E-state index contributed by atoms with van der Waals surface area (Å²) < 4.78 is 46.5. The fourth-order valence-corrected chi connectivity index (χ4v) is 2.89. The molecular weight excluding hydrogens is 365 g/mol. The molecule has 1 aliphatic rings. The number of benzene rings is 1. The fraction of sp³-hybridized carbons (Fsp3) is 0.333. The Balaban J connectivity index is 1.56. The summed E-state index contributed by atoms with van der Waals surface area (Å²) in [5.41, 5.74) is 0.194. The molecule has 0 saturated carbocycles. The van der Waals surface area contributed by atoms with Crippen LogP contribution in [0.1, 0.15) is 17.7 Å². The summed E-state index contributed by atoms with van der Waals surface area (Å²) in [5, 5.41) is 2.58. The van der Waals surface area contributed by atoms with Crippen LogP contribution in [0.5, 0.6) is 5.75 Å². The van der Waals surface area contributed by atoms with Crippen molar-refractivity contribution in [3.05, 3.63) is 54.0 Å². The van der Waals surface area contributed by atoms with Gasteiger partial charge >= 0.3 is 6.36 Å². The third kappa shape index (κ3) is 5.02. The smallest absolute Gasteiger partial charge is 0.467 e. The Morgan fingerprint density at radius 3 is 2.74 bits per heavy atom. The Bertz CT molecular complexity index is 805. The monoisotopic (exact) mass is 382 g/mol. The molecule has 1 fully saturated rings. The number of nitrogens with zero attached hydrogens (tertiary/aromatic N) is 1. The van der Waals surface area contributed by atoms with E-state index in [1.54, 1.807) is 18.2 Å². The molecule has 1 unspecified atom stereocenters. The molecule has 9 heteroatoms. The van der Waals surface area contributed by atoms with Crippen LogP contribution >= 0.6 is 0 Å². The number of hydrogen-bond donors (Lipinski definition) is 1. The maximum atomic E-state index is 12.4. The molecule has 2 heterocycles. The maximum Gasteiger partial charge on any atom is 0.573 e. The molecule has 2 aromatic rings. The zero-order valence-electron chi connectivity index (χ0n) is 14.2. The van der Waals surface area contributed by atoms with Gasteiger partial charge in [-0.15, -0.1) is 13.2 Å². The average Bonchev–Trinajstić information content (AvgIpc) is 3.23. The van der Waals surface area contributed by atoms with Gasteiger partial charge in [0.1, 0.15) is 11.5 Å². The lowest BCUT2D eigenvalue weighted by Gasteiger charge is -2.16. The number of rotatable bonds is 6. The third-order valence-corrected chi connectivity index (χ3v) is 4.16. The molecule has 27 heavy (non-hydrogen) atoms. The highest BCUT2D eigenvalue weighted by molar-refractivity contribution is 5.89. The molecule has 1 atom stereocenters. The molecule has 0 radical (unpaired) electrons. The lowest BCUT2D eigenvalue weighted by Crippen LogP contribution is -2.32. The number of likely N-dealkylation sites (tertiary alicyclic amines) is 1. The van der Waals surface area contributed by atoms with Crippen LogP contribution in [0.3, 0.4) is 0 Å². The van der Waals surface area contributed by atoms with Gasteiger partial charge in [0, 0.05) is 25.1 Å². The van der Waals surface area contributed by atoms with Gasteiger partial charge in [0.05, 0.1) is 18.7 Å². The molecule has 2 amide bonds. The van der Waals surface area contributed by atoms with E-state index in [0.29, 0.717) is 5.76 Å². The van der Waals surface area contributed by atoms with Gasteiger partial charge in [0.15, 0.2) is 0 Å². The highest BCUT2D eigenvalue weighted by Crippen LogP contribution is 2.26. The highest BCUT2D eigenvalue weighted by Gasteiger charge is 2.35. The van der Waals surface area contributed by atoms with Crippen LogP contribution in [0.25, 0.3) is 0 Å². The number of carbonyl (C=O) groups excluding carboxylic acids is 2. The van der Waals surface area contributed by atoms with E-state index in [-0.39, 0.29) is 43.3 Å². The molecular formula is C18H17F3N2O4. The lowest BCUT2D eigenvalue weighted by molar-refractivity contribution is -0.274. The minimum Gasteiger partial charge on any atom is -0.467 e. The van der Waals surface area contributed by atoms with Crippen molar-refractivity contribution in [2.45, 2.75) is 25.9 Å². The van der Waals surface area contributed by atoms with Crippen LogP contribution in [0, 0.1) is 5.92 Å². The van der Waals surface area contributed by atoms with Gasteiger partial charge in [0.25, 0.3) is 0 Å². The van der Waals surface area contributed by atoms with Crippen LogP contribution in [0.15, 0.2) is 47.1 Å². The first-order valence-electron chi connectivity index (χ1n) is 8.23. The summed E-state index contributed by atoms with van der Waals surface area (Å²) in [5.74, 6) is -0.891. The van der Waals surface area contributed by atoms with Crippen LogP contribution in [-0.4, -0.2) is 29.6 Å². The predicted octanol–water partition coefficient (Wildman–Crippen LogP) is 2.84. The first-order valence-corrected chi connectivity index (χ1v) is 8.23. The largest absolute Gasteiger partial charge is 0.573 e. The van der Waals surface area contributed by atoms with Crippen LogP contribution in [0.4, 0.5) is 13.2 Å². The van der Waals surface area contributed by atoms with Crippen molar-refractivity contribution < 1.29 is 31.9 Å². The number of carbonyl (C=O) groups is 2. The van der Waals surface area contributed by atoms with Gasteiger partial charge < -0.3 is 19.4 Å². The molecule has 3 rings (SSSR count). The average molecular weight is 382 g/mol. The molecule has 0 bridgehead atoms. The number of nitrogens with one attached hydrogen (secondary N) is 1. The van der Waals surface area contributed by atoms with Gasteiger partial charge in [-0.25, -0.2) is 0 Å². The SMILES string of the molecule is O=C(NCc1ccccc1OC(F)(F)F)C1CC(=O)N(Cc2ccco2)C1. The van der Waals surface area contributed by atoms with E-state index >= 15 is 0 Å². The van der Waals surface area contributed by atoms with E-state index in [4.69, 9.17) is 4.42 Å². The summed E-state index contributed by atoms with van der Waals surface area (Å²) in [7, 11) is 0. The van der Waals surface area contributed by atoms with Crippen molar-refractivity contribution in [2.75, 3.05) is 6.54 Å². The molecule has 1 aromatic carbocycles. The van der Waals surface area contributed by atoms with Crippen LogP contribution in [0.2, 0.25) is 0 Å². The van der Waals surface area contributed by atoms with Crippen molar-refractivity contribution >= 4 is 11.8 Å². The Morgan fingerprint density at radius 1 is 1.26 bits per heavy atom. The standard InChI is InChI=1S/C18H17F3N2O4/c19-18(20,21)27-15-6-2-1-4-12(15)9-22-17(25)13-8-16(24)23(10-13)11-14-5-3-7-26-14/h1-7,13H,8-11H2,(H,22,25). The van der Waals surface area contributed by atoms with E-state index in [1.165, 1.54) is 29.4 Å². The second-order valence-electron chi connectivity index (χ2n) is 6.13. The second kappa shape index (κ2) is 7.73. The Labute approximate surface area is 152 Å². The lowest BCUT2D eigenvalue weighted by atomic mass is 10.1. The quantitative estimate of drug-likeness (QED) is 0.834. The Kier molecular flexibility index (Phi) is 5.38. The Hall–Kier alpha value is -2.97. The molecule has 1 saturated heterocycles. The summed E-state index contributed by atoms with van der Waals surface area (Å²) in [4.78, 5) is 25.9. The minimum absolute atomic E-state index is 0.0488. The topological polar surface area (TPSA) is 71.8 Å². The van der Waals surface area contributed by atoms with E-state index in [0.717, 1.165) is 0 Å². The zero-order valence-corrected chi connectivity index (χ0v) is 14.2. The highest BCUT2D eigenvalue weighted by atomic mass is 19.4. The van der Waals surface area contributed by atoms with Gasteiger partial charge in [-0.2, -0.15) is 0 Å². The van der Waals surface area contributed by atoms with Crippen LogP contribution < -0.4 is 10.1 Å². The number of ether oxygens (including phenoxy) is 1. The normalized spacial score (nSPS) is 17.2. The van der Waals surface area contributed by atoms with E-state index < -0.39 is 18.2 Å². The van der Waals surface area contributed by atoms with E-state index in [1.807, 2.05) is 0 Å². The molecule has 1 aliphatic heterocycles. The van der Waals surface area contributed by atoms with Crippen LogP contribution in [-0.2, 0) is 22.7 Å². The van der Waals surface area contributed by atoms with Crippen molar-refractivity contribution in [1.82, 2.24) is 10.2 Å². The first kappa shape index (κ1) is 18.8. The molecule has 1 aromatic heterocycles. The third-order valence-electron chi connectivity index (χ3n) is 4.16.